The molecule has 108 valence electrons. The first kappa shape index (κ1) is 16.2. The third-order valence-electron chi connectivity index (χ3n) is 3.04. The van der Waals surface area contributed by atoms with Crippen LogP contribution in [0, 0.1) is 18.8 Å². The van der Waals surface area contributed by atoms with Crippen LogP contribution in [0.2, 0.25) is 0 Å². The molecule has 0 atom stereocenters. The lowest BCUT2D eigenvalue weighted by molar-refractivity contribution is 0.0228. The smallest absolute Gasteiger partial charge is 0.251 e. The van der Waals surface area contributed by atoms with Crippen LogP contribution in [-0.4, -0.2) is 31.7 Å². The first-order valence-electron chi connectivity index (χ1n) is 6.52. The van der Waals surface area contributed by atoms with Crippen molar-refractivity contribution in [1.82, 2.24) is 5.32 Å². The second kappa shape index (κ2) is 7.09. The molecular formula is C16H22N2O2. The quantitative estimate of drug-likeness (QED) is 0.817. The number of nitrogens with one attached hydrogen (secondary N) is 1. The minimum Gasteiger partial charge on any atom is -0.377 e. The molecule has 0 heterocycles. The van der Waals surface area contributed by atoms with E-state index in [4.69, 9.17) is 10.5 Å². The Bertz CT molecular complexity index is 539. The van der Waals surface area contributed by atoms with Gasteiger partial charge in [0.1, 0.15) is 0 Å². The van der Waals surface area contributed by atoms with E-state index in [0.717, 1.165) is 11.1 Å². The van der Waals surface area contributed by atoms with Gasteiger partial charge in [0.2, 0.25) is 0 Å². The normalized spacial score (nSPS) is 10.7. The number of benzene rings is 1. The van der Waals surface area contributed by atoms with Gasteiger partial charge in [-0.2, -0.15) is 0 Å². The SMILES string of the molecule is COC(C)(C)CNC(=O)c1cc(C#CCN)ccc1C. The molecule has 0 unspecified atom stereocenters. The second-order valence-electron chi connectivity index (χ2n) is 5.18. The fraction of sp³-hybridized carbons (Fsp3) is 0.438. The highest BCUT2D eigenvalue weighted by Crippen LogP contribution is 2.12. The Morgan fingerprint density at radius 1 is 1.45 bits per heavy atom. The molecule has 4 nitrogen and oxygen atoms in total. The highest BCUT2D eigenvalue weighted by molar-refractivity contribution is 5.96. The highest BCUT2D eigenvalue weighted by atomic mass is 16.5. The standard InChI is InChI=1S/C16H22N2O2/c1-12-7-8-13(6-5-9-17)10-14(12)15(19)18-11-16(2,3)20-4/h7-8,10H,9,11,17H2,1-4H3,(H,18,19). The van der Waals surface area contributed by atoms with Crippen LogP contribution in [0.1, 0.15) is 35.3 Å². The summed E-state index contributed by atoms with van der Waals surface area (Å²) in [6, 6.07) is 5.55. The van der Waals surface area contributed by atoms with Gasteiger partial charge in [-0.05, 0) is 38.5 Å². The molecule has 1 rings (SSSR count). The molecule has 4 heteroatoms. The molecule has 0 aliphatic rings. The number of ether oxygens (including phenoxy) is 1. The van der Waals surface area contributed by atoms with Gasteiger partial charge in [-0.15, -0.1) is 0 Å². The second-order valence-corrected chi connectivity index (χ2v) is 5.18. The number of hydrogen-bond donors (Lipinski definition) is 2. The summed E-state index contributed by atoms with van der Waals surface area (Å²) in [5.74, 6) is 5.59. The van der Waals surface area contributed by atoms with Gasteiger partial charge in [0.25, 0.3) is 5.91 Å². The van der Waals surface area contributed by atoms with Crippen molar-refractivity contribution in [2.24, 2.45) is 5.73 Å². The number of hydrogen-bond acceptors (Lipinski definition) is 3. The van der Waals surface area contributed by atoms with E-state index in [9.17, 15) is 4.79 Å². The van der Waals surface area contributed by atoms with Crippen LogP contribution in [0.4, 0.5) is 0 Å². The minimum absolute atomic E-state index is 0.121. The first-order valence-corrected chi connectivity index (χ1v) is 6.52. The molecule has 1 amide bonds. The van der Waals surface area contributed by atoms with Gasteiger partial charge < -0.3 is 15.8 Å². The first-order chi connectivity index (χ1) is 9.39. The highest BCUT2D eigenvalue weighted by Gasteiger charge is 2.18. The maximum Gasteiger partial charge on any atom is 0.251 e. The van der Waals surface area contributed by atoms with Gasteiger partial charge >= 0.3 is 0 Å². The van der Waals surface area contributed by atoms with E-state index in [-0.39, 0.29) is 11.5 Å². The lowest BCUT2D eigenvalue weighted by atomic mass is 10.0. The van der Waals surface area contributed by atoms with Crippen molar-refractivity contribution in [1.29, 1.82) is 0 Å². The van der Waals surface area contributed by atoms with Crippen LogP contribution in [0.25, 0.3) is 0 Å². The summed E-state index contributed by atoms with van der Waals surface area (Å²) in [4.78, 5) is 12.2. The van der Waals surface area contributed by atoms with Crippen LogP contribution in [-0.2, 0) is 4.74 Å². The summed E-state index contributed by atoms with van der Waals surface area (Å²) >= 11 is 0. The molecule has 0 fully saturated rings. The topological polar surface area (TPSA) is 64.3 Å². The third-order valence-corrected chi connectivity index (χ3v) is 3.04. The molecule has 0 bridgehead atoms. The molecular weight excluding hydrogens is 252 g/mol. The third kappa shape index (κ3) is 4.69. The summed E-state index contributed by atoms with van der Waals surface area (Å²) in [5.41, 5.74) is 7.29. The maximum absolute atomic E-state index is 12.2. The van der Waals surface area contributed by atoms with E-state index in [1.807, 2.05) is 32.9 Å². The van der Waals surface area contributed by atoms with Gasteiger partial charge in [0.15, 0.2) is 0 Å². The number of carbonyl (C=O) groups excluding carboxylic acids is 1. The van der Waals surface area contributed by atoms with Crippen LogP contribution < -0.4 is 11.1 Å². The maximum atomic E-state index is 12.2. The van der Waals surface area contributed by atoms with Crippen LogP contribution in [0.3, 0.4) is 0 Å². The van der Waals surface area contributed by atoms with E-state index in [0.29, 0.717) is 18.7 Å². The molecule has 0 aromatic heterocycles. The van der Waals surface area contributed by atoms with Crippen LogP contribution >= 0.6 is 0 Å². The zero-order chi connectivity index (χ0) is 15.2. The fourth-order valence-corrected chi connectivity index (χ4v) is 1.56. The number of aryl methyl sites for hydroxylation is 1. The zero-order valence-electron chi connectivity index (χ0n) is 12.5. The molecule has 0 aliphatic heterocycles. The molecule has 1 aromatic rings. The summed E-state index contributed by atoms with van der Waals surface area (Å²) in [6.07, 6.45) is 0. The van der Waals surface area contributed by atoms with Crippen molar-refractivity contribution < 1.29 is 9.53 Å². The van der Waals surface area contributed by atoms with Crippen molar-refractivity contribution >= 4 is 5.91 Å². The molecule has 0 saturated heterocycles. The average Bonchev–Trinajstić information content (AvgIpc) is 2.44. The number of carbonyl (C=O) groups is 1. The Balaban J connectivity index is 2.87. The van der Waals surface area contributed by atoms with Crippen LogP contribution in [0.5, 0.6) is 0 Å². The lowest BCUT2D eigenvalue weighted by Crippen LogP contribution is -2.39. The monoisotopic (exact) mass is 274 g/mol. The Kier molecular flexibility index (Phi) is 5.75. The van der Waals surface area contributed by atoms with Gasteiger partial charge in [-0.3, -0.25) is 4.79 Å². The summed E-state index contributed by atoms with van der Waals surface area (Å²) in [7, 11) is 1.63. The molecule has 20 heavy (non-hydrogen) atoms. The largest absolute Gasteiger partial charge is 0.377 e. The summed E-state index contributed by atoms with van der Waals surface area (Å²) in [6.45, 7) is 6.49. The summed E-state index contributed by atoms with van der Waals surface area (Å²) in [5, 5.41) is 2.88. The number of nitrogens with two attached hydrogens (primary N) is 1. The van der Waals surface area contributed by atoms with E-state index in [2.05, 4.69) is 17.2 Å². The Hall–Kier alpha value is -1.83. The van der Waals surface area contributed by atoms with Crippen molar-refractivity contribution in [3.05, 3.63) is 34.9 Å². The van der Waals surface area contributed by atoms with Gasteiger partial charge in [-0.25, -0.2) is 0 Å². The fourth-order valence-electron chi connectivity index (χ4n) is 1.56. The van der Waals surface area contributed by atoms with Gasteiger partial charge in [0.05, 0.1) is 12.1 Å². The molecule has 0 spiro atoms. The number of rotatable bonds is 4. The molecule has 1 aromatic carbocycles. The van der Waals surface area contributed by atoms with Gasteiger partial charge in [0, 0.05) is 24.8 Å². The molecule has 0 saturated carbocycles. The van der Waals surface area contributed by atoms with Crippen LogP contribution in [0.15, 0.2) is 18.2 Å². The number of methoxy groups -OCH3 is 1. The van der Waals surface area contributed by atoms with Gasteiger partial charge in [-0.1, -0.05) is 17.9 Å². The van der Waals surface area contributed by atoms with E-state index in [1.165, 1.54) is 0 Å². The molecule has 0 radical (unpaired) electrons. The Labute approximate surface area is 120 Å². The summed E-state index contributed by atoms with van der Waals surface area (Å²) < 4.78 is 5.28. The van der Waals surface area contributed by atoms with E-state index >= 15 is 0 Å². The predicted octanol–water partition coefficient (Wildman–Crippen LogP) is 1.46. The van der Waals surface area contributed by atoms with E-state index < -0.39 is 0 Å². The van der Waals surface area contributed by atoms with E-state index in [1.54, 1.807) is 13.2 Å². The average molecular weight is 274 g/mol. The Morgan fingerprint density at radius 2 is 2.15 bits per heavy atom. The van der Waals surface area contributed by atoms with Crippen molar-refractivity contribution in [2.45, 2.75) is 26.4 Å². The Morgan fingerprint density at radius 3 is 2.75 bits per heavy atom. The van der Waals surface area contributed by atoms with Crippen molar-refractivity contribution in [3.63, 3.8) is 0 Å². The number of amides is 1. The van der Waals surface area contributed by atoms with Crippen molar-refractivity contribution in [2.75, 3.05) is 20.2 Å². The zero-order valence-corrected chi connectivity index (χ0v) is 12.5. The lowest BCUT2D eigenvalue weighted by Gasteiger charge is -2.23. The van der Waals surface area contributed by atoms with Crippen molar-refractivity contribution in [3.8, 4) is 11.8 Å². The molecule has 3 N–H and O–H groups in total. The minimum atomic E-state index is -0.388. The predicted molar refractivity (Wildman–Crippen MR) is 80.5 cm³/mol. The molecule has 0 aliphatic carbocycles.